The van der Waals surface area contributed by atoms with Crippen LogP contribution in [0.2, 0.25) is 0 Å². The molecule has 0 saturated carbocycles. The Morgan fingerprint density at radius 2 is 1.88 bits per heavy atom. The van der Waals surface area contributed by atoms with Crippen molar-refractivity contribution in [3.8, 4) is 0 Å². The number of nitrogens with one attached hydrogen (secondary N) is 1. The van der Waals surface area contributed by atoms with E-state index in [2.05, 4.69) is 46.0 Å². The van der Waals surface area contributed by atoms with E-state index < -0.39 is 0 Å². The molecule has 0 unspecified atom stereocenters. The molecule has 0 saturated heterocycles. The van der Waals surface area contributed by atoms with Crippen LogP contribution >= 0.6 is 0 Å². The quantitative estimate of drug-likeness (QED) is 0.867. The largest absolute Gasteiger partial charge is 0.464 e. The van der Waals surface area contributed by atoms with Crippen molar-refractivity contribution >= 4 is 11.0 Å². The molecule has 0 aliphatic carbocycles. The summed E-state index contributed by atoms with van der Waals surface area (Å²) in [5.74, 6) is 0. The first kappa shape index (κ1) is 12.2. The molecule has 2 heteroatoms. The molecule has 1 aromatic carbocycles. The maximum absolute atomic E-state index is 5.73. The normalized spacial score (nSPS) is 11.6. The van der Waals surface area contributed by atoms with E-state index in [-0.39, 0.29) is 0 Å². The second kappa shape index (κ2) is 4.53. The predicted octanol–water partition coefficient (Wildman–Crippen LogP) is 3.86. The van der Waals surface area contributed by atoms with E-state index in [0.29, 0.717) is 6.04 Å². The van der Waals surface area contributed by atoms with E-state index in [1.807, 2.05) is 6.26 Å². The molecule has 0 aliphatic heterocycles. The molecule has 0 amide bonds. The van der Waals surface area contributed by atoms with Gasteiger partial charge in [-0.15, -0.1) is 0 Å². The molecule has 1 heterocycles. The van der Waals surface area contributed by atoms with Gasteiger partial charge in [0.05, 0.1) is 6.26 Å². The number of rotatable bonds is 3. The van der Waals surface area contributed by atoms with Crippen LogP contribution < -0.4 is 5.32 Å². The van der Waals surface area contributed by atoms with Crippen LogP contribution in [0, 0.1) is 20.8 Å². The van der Waals surface area contributed by atoms with Gasteiger partial charge < -0.3 is 9.73 Å². The first-order chi connectivity index (χ1) is 8.00. The third kappa shape index (κ3) is 2.22. The van der Waals surface area contributed by atoms with E-state index >= 15 is 0 Å². The van der Waals surface area contributed by atoms with Gasteiger partial charge in [-0.05, 0) is 37.5 Å². The Balaban J connectivity index is 2.49. The van der Waals surface area contributed by atoms with Crippen LogP contribution in [0.15, 0.2) is 16.7 Å². The van der Waals surface area contributed by atoms with Gasteiger partial charge in [-0.25, -0.2) is 0 Å². The van der Waals surface area contributed by atoms with Crippen LogP contribution in [-0.4, -0.2) is 6.04 Å². The minimum Gasteiger partial charge on any atom is -0.464 e. The van der Waals surface area contributed by atoms with E-state index in [0.717, 1.165) is 12.1 Å². The number of fused-ring (bicyclic) bond motifs is 1. The smallest absolute Gasteiger partial charge is 0.137 e. The first-order valence-electron chi connectivity index (χ1n) is 6.21. The zero-order valence-corrected chi connectivity index (χ0v) is 11.3. The minimum atomic E-state index is 0.492. The van der Waals surface area contributed by atoms with Crippen LogP contribution in [0.4, 0.5) is 0 Å². The van der Waals surface area contributed by atoms with Gasteiger partial charge in [-0.3, -0.25) is 0 Å². The summed E-state index contributed by atoms with van der Waals surface area (Å²) in [7, 11) is 0. The molecule has 2 nitrogen and oxygen atoms in total. The molecule has 1 N–H and O–H groups in total. The van der Waals surface area contributed by atoms with E-state index in [4.69, 9.17) is 4.42 Å². The Morgan fingerprint density at radius 3 is 2.53 bits per heavy atom. The summed E-state index contributed by atoms with van der Waals surface area (Å²) in [5.41, 5.74) is 6.16. The number of hydrogen-bond donors (Lipinski definition) is 1. The second-order valence-corrected chi connectivity index (χ2v) is 5.14. The van der Waals surface area contributed by atoms with Crippen LogP contribution in [0.5, 0.6) is 0 Å². The molecule has 0 atom stereocenters. The van der Waals surface area contributed by atoms with Gasteiger partial charge in [-0.2, -0.15) is 0 Å². The van der Waals surface area contributed by atoms with Crippen LogP contribution in [0.3, 0.4) is 0 Å². The van der Waals surface area contributed by atoms with Gasteiger partial charge in [0, 0.05) is 23.5 Å². The number of benzene rings is 1. The van der Waals surface area contributed by atoms with E-state index in [9.17, 15) is 0 Å². The fourth-order valence-corrected chi connectivity index (χ4v) is 2.23. The predicted molar refractivity (Wildman–Crippen MR) is 72.4 cm³/mol. The molecule has 2 rings (SSSR count). The van der Waals surface area contributed by atoms with Gasteiger partial charge in [0.15, 0.2) is 0 Å². The van der Waals surface area contributed by atoms with Crippen molar-refractivity contribution < 1.29 is 4.42 Å². The number of hydrogen-bond acceptors (Lipinski definition) is 2. The topological polar surface area (TPSA) is 25.2 Å². The molecule has 1 aromatic heterocycles. The lowest BCUT2D eigenvalue weighted by Crippen LogP contribution is -2.21. The van der Waals surface area contributed by atoms with Crippen molar-refractivity contribution in [2.24, 2.45) is 0 Å². The molecule has 92 valence electrons. The fourth-order valence-electron chi connectivity index (χ4n) is 2.23. The molecular formula is C15H21NO. The molecule has 0 aliphatic rings. The van der Waals surface area contributed by atoms with E-state index in [1.165, 1.54) is 27.6 Å². The third-order valence-corrected chi connectivity index (χ3v) is 3.33. The van der Waals surface area contributed by atoms with Gasteiger partial charge in [0.1, 0.15) is 5.58 Å². The summed E-state index contributed by atoms with van der Waals surface area (Å²) in [6, 6.07) is 2.73. The summed E-state index contributed by atoms with van der Waals surface area (Å²) in [4.78, 5) is 0. The molecule has 2 aromatic rings. The molecule has 17 heavy (non-hydrogen) atoms. The summed E-state index contributed by atoms with van der Waals surface area (Å²) in [5, 5.41) is 4.72. The number of aryl methyl sites for hydroxylation is 3. The highest BCUT2D eigenvalue weighted by Gasteiger charge is 2.12. The molecule has 0 fully saturated rings. The Labute approximate surface area is 103 Å². The monoisotopic (exact) mass is 231 g/mol. The summed E-state index contributed by atoms with van der Waals surface area (Å²) < 4.78 is 5.73. The molecular weight excluding hydrogens is 210 g/mol. The second-order valence-electron chi connectivity index (χ2n) is 5.14. The molecule has 0 spiro atoms. The van der Waals surface area contributed by atoms with Gasteiger partial charge in [-0.1, -0.05) is 19.9 Å². The maximum Gasteiger partial charge on any atom is 0.137 e. The zero-order chi connectivity index (χ0) is 12.6. The van der Waals surface area contributed by atoms with Crippen LogP contribution in [0.25, 0.3) is 11.0 Å². The Kier molecular flexibility index (Phi) is 3.25. The number of furan rings is 1. The summed E-state index contributed by atoms with van der Waals surface area (Å²) in [6.07, 6.45) is 1.89. The van der Waals surface area contributed by atoms with Crippen molar-refractivity contribution in [2.75, 3.05) is 0 Å². The highest BCUT2D eigenvalue weighted by atomic mass is 16.3. The minimum absolute atomic E-state index is 0.492. The highest BCUT2D eigenvalue weighted by Crippen LogP contribution is 2.29. The Hall–Kier alpha value is -1.28. The van der Waals surface area contributed by atoms with Gasteiger partial charge >= 0.3 is 0 Å². The lowest BCUT2D eigenvalue weighted by atomic mass is 10.00. The van der Waals surface area contributed by atoms with Gasteiger partial charge in [0.25, 0.3) is 0 Å². The van der Waals surface area contributed by atoms with Crippen molar-refractivity contribution in [2.45, 2.75) is 47.2 Å². The van der Waals surface area contributed by atoms with Crippen molar-refractivity contribution in [1.82, 2.24) is 5.32 Å². The molecule has 0 radical (unpaired) electrons. The standard InChI is InChI=1S/C15H21NO/c1-9(2)16-7-13-8-17-15-12(5)10(3)6-11(4)14(13)15/h6,8-9,16H,7H2,1-5H3. The lowest BCUT2D eigenvalue weighted by molar-refractivity contribution is 0.571. The SMILES string of the molecule is Cc1cc(C)c2c(CNC(C)C)coc2c1C. The first-order valence-corrected chi connectivity index (χ1v) is 6.21. The average Bonchev–Trinajstić information content (AvgIpc) is 2.67. The summed E-state index contributed by atoms with van der Waals surface area (Å²) in [6.45, 7) is 11.6. The van der Waals surface area contributed by atoms with Crippen molar-refractivity contribution in [1.29, 1.82) is 0 Å². The third-order valence-electron chi connectivity index (χ3n) is 3.33. The van der Waals surface area contributed by atoms with Crippen molar-refractivity contribution in [3.63, 3.8) is 0 Å². The Bertz CT molecular complexity index is 537. The van der Waals surface area contributed by atoms with E-state index in [1.54, 1.807) is 0 Å². The van der Waals surface area contributed by atoms with Crippen LogP contribution in [-0.2, 0) is 6.54 Å². The average molecular weight is 231 g/mol. The zero-order valence-electron chi connectivity index (χ0n) is 11.3. The highest BCUT2D eigenvalue weighted by molar-refractivity contribution is 5.87. The maximum atomic E-state index is 5.73. The lowest BCUT2D eigenvalue weighted by Gasteiger charge is -2.08. The van der Waals surface area contributed by atoms with Gasteiger partial charge in [0.2, 0.25) is 0 Å². The Morgan fingerprint density at radius 1 is 1.18 bits per heavy atom. The van der Waals surface area contributed by atoms with Crippen LogP contribution in [0.1, 0.15) is 36.1 Å². The fraction of sp³-hybridized carbons (Fsp3) is 0.467. The molecule has 0 bridgehead atoms. The summed E-state index contributed by atoms with van der Waals surface area (Å²) >= 11 is 0. The van der Waals surface area contributed by atoms with Crippen molar-refractivity contribution in [3.05, 3.63) is 34.6 Å².